The van der Waals surface area contributed by atoms with Gasteiger partial charge in [-0.3, -0.25) is 0 Å². The molecule has 0 aromatic heterocycles. The summed E-state index contributed by atoms with van der Waals surface area (Å²) in [6.45, 7) is 5.75. The van der Waals surface area contributed by atoms with Crippen LogP contribution in [0.1, 0.15) is 65.2 Å². The van der Waals surface area contributed by atoms with Crippen LogP contribution in [-0.4, -0.2) is 43.1 Å². The van der Waals surface area contributed by atoms with Gasteiger partial charge < -0.3 is 5.32 Å². The van der Waals surface area contributed by atoms with E-state index in [0.717, 1.165) is 58.0 Å². The third-order valence-electron chi connectivity index (χ3n) is 4.64. The van der Waals surface area contributed by atoms with E-state index in [1.807, 2.05) is 4.31 Å². The topological polar surface area (TPSA) is 49.4 Å². The maximum Gasteiger partial charge on any atom is 0.217 e. The summed E-state index contributed by atoms with van der Waals surface area (Å²) in [5.74, 6) is 0. The molecule has 0 spiro atoms. The lowest BCUT2D eigenvalue weighted by Gasteiger charge is -2.38. The molecule has 1 aliphatic heterocycles. The van der Waals surface area contributed by atoms with Crippen LogP contribution in [0.3, 0.4) is 0 Å². The molecule has 2 rings (SSSR count). The Hall–Kier alpha value is -0.130. The number of rotatable bonds is 5. The van der Waals surface area contributed by atoms with Gasteiger partial charge in [0.15, 0.2) is 0 Å². The van der Waals surface area contributed by atoms with Gasteiger partial charge in [-0.25, -0.2) is 8.42 Å². The van der Waals surface area contributed by atoms with Crippen LogP contribution in [-0.2, 0) is 10.0 Å². The van der Waals surface area contributed by atoms with Gasteiger partial charge in [0.05, 0.1) is 5.25 Å². The third-order valence-corrected chi connectivity index (χ3v) is 7.08. The molecule has 0 bridgehead atoms. The van der Waals surface area contributed by atoms with Crippen LogP contribution in [0, 0.1) is 0 Å². The summed E-state index contributed by atoms with van der Waals surface area (Å²) >= 11 is 0. The first kappa shape index (κ1) is 16.2. The maximum absolute atomic E-state index is 12.9. The molecule has 20 heavy (non-hydrogen) atoms. The van der Waals surface area contributed by atoms with Crippen molar-refractivity contribution >= 4 is 10.0 Å². The molecule has 0 amide bonds. The van der Waals surface area contributed by atoms with E-state index >= 15 is 0 Å². The van der Waals surface area contributed by atoms with Crippen LogP contribution in [0.15, 0.2) is 0 Å². The number of piperidine rings is 1. The molecule has 1 saturated carbocycles. The SMILES string of the molecule is CC(C)NCC1CCCCN1S(=O)(=O)C1CCCCC1. The van der Waals surface area contributed by atoms with Gasteiger partial charge in [-0.15, -0.1) is 0 Å². The van der Waals surface area contributed by atoms with E-state index < -0.39 is 10.0 Å². The Morgan fingerprint density at radius 1 is 1.05 bits per heavy atom. The molecule has 0 radical (unpaired) electrons. The first-order valence-corrected chi connectivity index (χ1v) is 9.76. The quantitative estimate of drug-likeness (QED) is 0.849. The van der Waals surface area contributed by atoms with Crippen molar-refractivity contribution in [2.45, 2.75) is 82.5 Å². The van der Waals surface area contributed by atoms with E-state index in [9.17, 15) is 8.42 Å². The fourth-order valence-electron chi connectivity index (χ4n) is 3.44. The molecule has 1 aliphatic carbocycles. The lowest BCUT2D eigenvalue weighted by Crippen LogP contribution is -2.52. The Morgan fingerprint density at radius 2 is 1.70 bits per heavy atom. The van der Waals surface area contributed by atoms with Gasteiger partial charge in [-0.05, 0) is 25.7 Å². The summed E-state index contributed by atoms with van der Waals surface area (Å²) in [6.07, 6.45) is 8.26. The lowest BCUT2D eigenvalue weighted by atomic mass is 10.0. The number of nitrogens with one attached hydrogen (secondary N) is 1. The van der Waals surface area contributed by atoms with Crippen molar-refractivity contribution in [1.82, 2.24) is 9.62 Å². The molecule has 2 fully saturated rings. The molecule has 0 aromatic carbocycles. The minimum atomic E-state index is -3.09. The number of hydrogen-bond donors (Lipinski definition) is 1. The van der Waals surface area contributed by atoms with Crippen LogP contribution < -0.4 is 5.32 Å². The summed E-state index contributed by atoms with van der Waals surface area (Å²) in [5, 5.41) is 3.30. The van der Waals surface area contributed by atoms with Gasteiger partial charge in [-0.1, -0.05) is 39.5 Å². The molecule has 1 unspecified atom stereocenters. The molecule has 2 aliphatic rings. The highest BCUT2D eigenvalue weighted by atomic mass is 32.2. The molecule has 5 heteroatoms. The Labute approximate surface area is 124 Å². The van der Waals surface area contributed by atoms with E-state index in [4.69, 9.17) is 0 Å². The zero-order chi connectivity index (χ0) is 14.6. The van der Waals surface area contributed by atoms with Gasteiger partial charge >= 0.3 is 0 Å². The van der Waals surface area contributed by atoms with Crippen molar-refractivity contribution in [3.8, 4) is 0 Å². The van der Waals surface area contributed by atoms with Gasteiger partial charge in [0.25, 0.3) is 0 Å². The summed E-state index contributed by atoms with van der Waals surface area (Å²) in [7, 11) is -3.09. The standard InChI is InChI=1S/C15H30N2O2S/c1-13(2)16-12-14-8-6-7-11-17(14)20(18,19)15-9-4-3-5-10-15/h13-16H,3-12H2,1-2H3. The molecule has 4 nitrogen and oxygen atoms in total. The number of nitrogens with zero attached hydrogens (tertiary/aromatic N) is 1. The van der Waals surface area contributed by atoms with Crippen molar-refractivity contribution in [2.75, 3.05) is 13.1 Å². The average molecular weight is 302 g/mol. The molecule has 1 N–H and O–H groups in total. The minimum absolute atomic E-state index is 0.115. The second-order valence-corrected chi connectivity index (χ2v) is 8.79. The molecule has 118 valence electrons. The highest BCUT2D eigenvalue weighted by Gasteiger charge is 2.37. The normalized spacial score (nSPS) is 27.1. The minimum Gasteiger partial charge on any atom is -0.313 e. The van der Waals surface area contributed by atoms with Gasteiger partial charge in [0.2, 0.25) is 10.0 Å². The molecular formula is C15H30N2O2S. The van der Waals surface area contributed by atoms with E-state index in [-0.39, 0.29) is 11.3 Å². The Balaban J connectivity index is 2.05. The van der Waals surface area contributed by atoms with E-state index in [1.54, 1.807) is 0 Å². The molecule has 1 heterocycles. The van der Waals surface area contributed by atoms with Crippen molar-refractivity contribution in [2.24, 2.45) is 0 Å². The zero-order valence-corrected chi connectivity index (χ0v) is 13.8. The first-order chi connectivity index (χ1) is 9.51. The average Bonchev–Trinajstić information content (AvgIpc) is 2.46. The highest BCUT2D eigenvalue weighted by Crippen LogP contribution is 2.30. The molecular weight excluding hydrogens is 272 g/mol. The van der Waals surface area contributed by atoms with Gasteiger partial charge in [-0.2, -0.15) is 4.31 Å². The van der Waals surface area contributed by atoms with Crippen LogP contribution in [0.5, 0.6) is 0 Å². The number of hydrogen-bond acceptors (Lipinski definition) is 3. The molecule has 1 atom stereocenters. The first-order valence-electron chi connectivity index (χ1n) is 8.26. The Morgan fingerprint density at radius 3 is 2.35 bits per heavy atom. The molecule has 1 saturated heterocycles. The van der Waals surface area contributed by atoms with Crippen molar-refractivity contribution < 1.29 is 8.42 Å². The van der Waals surface area contributed by atoms with Gasteiger partial charge in [0.1, 0.15) is 0 Å². The van der Waals surface area contributed by atoms with Crippen molar-refractivity contribution in [3.63, 3.8) is 0 Å². The second kappa shape index (κ2) is 7.23. The molecule has 0 aromatic rings. The van der Waals surface area contributed by atoms with Crippen LogP contribution in [0.25, 0.3) is 0 Å². The zero-order valence-electron chi connectivity index (χ0n) is 13.0. The predicted molar refractivity (Wildman–Crippen MR) is 83.3 cm³/mol. The lowest BCUT2D eigenvalue weighted by molar-refractivity contribution is 0.237. The van der Waals surface area contributed by atoms with Crippen molar-refractivity contribution in [1.29, 1.82) is 0 Å². The summed E-state index contributed by atoms with van der Waals surface area (Å²) in [5.41, 5.74) is 0. The van der Waals surface area contributed by atoms with Crippen LogP contribution in [0.2, 0.25) is 0 Å². The number of sulfonamides is 1. The highest BCUT2D eigenvalue weighted by molar-refractivity contribution is 7.89. The summed E-state index contributed by atoms with van der Waals surface area (Å²) in [6, 6.07) is 0.578. The van der Waals surface area contributed by atoms with Crippen LogP contribution in [0.4, 0.5) is 0 Å². The summed E-state index contributed by atoms with van der Waals surface area (Å²) in [4.78, 5) is 0. The predicted octanol–water partition coefficient (Wildman–Crippen LogP) is 2.50. The van der Waals surface area contributed by atoms with E-state index in [0.29, 0.717) is 6.04 Å². The fourth-order valence-corrected chi connectivity index (χ4v) is 5.73. The third kappa shape index (κ3) is 3.95. The summed E-state index contributed by atoms with van der Waals surface area (Å²) < 4.78 is 27.6. The fraction of sp³-hybridized carbons (Fsp3) is 1.00. The largest absolute Gasteiger partial charge is 0.313 e. The second-order valence-electron chi connectivity index (χ2n) is 6.63. The maximum atomic E-state index is 12.9. The monoisotopic (exact) mass is 302 g/mol. The van der Waals surface area contributed by atoms with Crippen molar-refractivity contribution in [3.05, 3.63) is 0 Å². The van der Waals surface area contributed by atoms with E-state index in [2.05, 4.69) is 19.2 Å². The van der Waals surface area contributed by atoms with E-state index in [1.165, 1.54) is 6.42 Å². The smallest absolute Gasteiger partial charge is 0.217 e. The Bertz CT molecular complexity index is 389. The Kier molecular flexibility index (Phi) is 5.87. The van der Waals surface area contributed by atoms with Crippen LogP contribution >= 0.6 is 0 Å². The van der Waals surface area contributed by atoms with Gasteiger partial charge in [0, 0.05) is 25.2 Å².